The third-order valence-electron chi connectivity index (χ3n) is 2.23. The minimum atomic E-state index is -0.786. The molecule has 0 aliphatic heterocycles. The molecule has 2 N–H and O–H groups in total. The van der Waals surface area contributed by atoms with Crippen molar-refractivity contribution in [3.8, 4) is 0 Å². The van der Waals surface area contributed by atoms with Gasteiger partial charge in [0.15, 0.2) is 0 Å². The Labute approximate surface area is 94.4 Å². The van der Waals surface area contributed by atoms with E-state index in [2.05, 4.69) is 26.1 Å². The van der Waals surface area contributed by atoms with Crippen LogP contribution in [0.15, 0.2) is 22.8 Å². The van der Waals surface area contributed by atoms with Gasteiger partial charge in [0.2, 0.25) is 0 Å². The summed E-state index contributed by atoms with van der Waals surface area (Å²) in [5.74, 6) is -0.786. The van der Waals surface area contributed by atoms with E-state index in [1.807, 2.05) is 18.2 Å². The molecule has 15 heavy (non-hydrogen) atoms. The van der Waals surface area contributed by atoms with Crippen molar-refractivity contribution >= 4 is 32.8 Å². The van der Waals surface area contributed by atoms with Gasteiger partial charge >= 0.3 is 5.97 Å². The van der Waals surface area contributed by atoms with E-state index < -0.39 is 5.97 Å². The van der Waals surface area contributed by atoms with Crippen LogP contribution < -0.4 is 0 Å². The smallest absolute Gasteiger partial charge is 0.303 e. The fourth-order valence-corrected chi connectivity index (χ4v) is 2.09. The second-order valence-corrected chi connectivity index (χ2v) is 4.04. The number of carbonyl (C=O) groups is 1. The van der Waals surface area contributed by atoms with Crippen LogP contribution in [0.1, 0.15) is 12.0 Å². The minimum absolute atomic E-state index is 0.136. The molecule has 2 rings (SSSR count). The number of rotatable bonds is 3. The first-order valence-electron chi connectivity index (χ1n) is 4.52. The Hall–Kier alpha value is -1.36. The Balaban J connectivity index is 2.41. The van der Waals surface area contributed by atoms with E-state index in [0.29, 0.717) is 6.42 Å². The van der Waals surface area contributed by atoms with Crippen molar-refractivity contribution in [2.75, 3.05) is 0 Å². The topological polar surface area (TPSA) is 66.0 Å². The van der Waals surface area contributed by atoms with Gasteiger partial charge in [0.05, 0.1) is 5.52 Å². The summed E-state index contributed by atoms with van der Waals surface area (Å²) < 4.78 is 0.804. The highest BCUT2D eigenvalue weighted by Crippen LogP contribution is 2.25. The van der Waals surface area contributed by atoms with Gasteiger partial charge in [-0.2, -0.15) is 5.10 Å². The normalized spacial score (nSPS) is 10.7. The molecule has 0 atom stereocenters. The van der Waals surface area contributed by atoms with Crippen LogP contribution in [-0.4, -0.2) is 21.3 Å². The van der Waals surface area contributed by atoms with Gasteiger partial charge in [-0.05, 0) is 34.0 Å². The SMILES string of the molecule is O=C(O)CCc1cccc2n[nH]c(Br)c12. The number of carboxylic acids is 1. The molecule has 0 unspecified atom stereocenters. The van der Waals surface area contributed by atoms with Crippen LogP contribution in [0.5, 0.6) is 0 Å². The van der Waals surface area contributed by atoms with Crippen molar-refractivity contribution in [2.45, 2.75) is 12.8 Å². The van der Waals surface area contributed by atoms with E-state index in [1.165, 1.54) is 0 Å². The average Bonchev–Trinajstić information content (AvgIpc) is 2.58. The predicted molar refractivity (Wildman–Crippen MR) is 59.8 cm³/mol. The van der Waals surface area contributed by atoms with Crippen LogP contribution >= 0.6 is 15.9 Å². The maximum absolute atomic E-state index is 10.5. The molecule has 0 fully saturated rings. The molecule has 1 aromatic heterocycles. The van der Waals surface area contributed by atoms with Gasteiger partial charge in [0.1, 0.15) is 4.60 Å². The van der Waals surface area contributed by atoms with E-state index in [1.54, 1.807) is 0 Å². The molecule has 0 bridgehead atoms. The summed E-state index contributed by atoms with van der Waals surface area (Å²) >= 11 is 3.36. The fraction of sp³-hybridized carbons (Fsp3) is 0.200. The minimum Gasteiger partial charge on any atom is -0.481 e. The van der Waals surface area contributed by atoms with Crippen molar-refractivity contribution < 1.29 is 9.90 Å². The summed E-state index contributed by atoms with van der Waals surface area (Å²) in [5.41, 5.74) is 1.85. The zero-order valence-corrected chi connectivity index (χ0v) is 9.41. The monoisotopic (exact) mass is 268 g/mol. The zero-order valence-electron chi connectivity index (χ0n) is 7.83. The molecule has 0 radical (unpaired) electrons. The molecule has 78 valence electrons. The molecule has 5 heteroatoms. The van der Waals surface area contributed by atoms with Gasteiger partial charge < -0.3 is 5.11 Å². The second kappa shape index (κ2) is 4.02. The molecule has 0 aliphatic rings. The highest BCUT2D eigenvalue weighted by Gasteiger charge is 2.08. The van der Waals surface area contributed by atoms with Crippen molar-refractivity contribution in [3.63, 3.8) is 0 Å². The molecule has 0 aliphatic carbocycles. The predicted octanol–water partition coefficient (Wildman–Crippen LogP) is 2.34. The number of carboxylic acid groups (broad SMARTS) is 1. The Kier molecular flexibility index (Phi) is 2.73. The Bertz CT molecular complexity index is 507. The number of hydrogen-bond donors (Lipinski definition) is 2. The molecule has 0 saturated carbocycles. The van der Waals surface area contributed by atoms with E-state index in [4.69, 9.17) is 5.11 Å². The van der Waals surface area contributed by atoms with Crippen molar-refractivity contribution in [2.24, 2.45) is 0 Å². The van der Waals surface area contributed by atoms with Crippen molar-refractivity contribution in [1.29, 1.82) is 0 Å². The van der Waals surface area contributed by atoms with E-state index in [0.717, 1.165) is 21.1 Å². The molecular weight excluding hydrogens is 260 g/mol. The zero-order chi connectivity index (χ0) is 10.8. The Morgan fingerprint density at radius 3 is 3.07 bits per heavy atom. The van der Waals surface area contributed by atoms with Gasteiger partial charge in [-0.3, -0.25) is 9.89 Å². The van der Waals surface area contributed by atoms with Crippen LogP contribution in [0.4, 0.5) is 0 Å². The van der Waals surface area contributed by atoms with Gasteiger partial charge in [-0.15, -0.1) is 0 Å². The summed E-state index contributed by atoms with van der Waals surface area (Å²) in [6.07, 6.45) is 0.654. The Morgan fingerprint density at radius 1 is 1.53 bits per heavy atom. The lowest BCUT2D eigenvalue weighted by atomic mass is 10.1. The second-order valence-electron chi connectivity index (χ2n) is 3.24. The number of benzene rings is 1. The third-order valence-corrected chi connectivity index (χ3v) is 2.80. The van der Waals surface area contributed by atoms with Crippen LogP contribution in [0.25, 0.3) is 10.9 Å². The fourth-order valence-electron chi connectivity index (χ4n) is 1.55. The van der Waals surface area contributed by atoms with Gasteiger partial charge in [0.25, 0.3) is 0 Å². The summed E-state index contributed by atoms with van der Waals surface area (Å²) in [6, 6.07) is 5.69. The van der Waals surface area contributed by atoms with Crippen molar-refractivity contribution in [3.05, 3.63) is 28.4 Å². The lowest BCUT2D eigenvalue weighted by Gasteiger charge is -2.00. The summed E-state index contributed by atoms with van der Waals surface area (Å²) in [4.78, 5) is 10.5. The Morgan fingerprint density at radius 2 is 2.33 bits per heavy atom. The average molecular weight is 269 g/mol. The molecule has 4 nitrogen and oxygen atoms in total. The largest absolute Gasteiger partial charge is 0.481 e. The molecule has 1 aromatic carbocycles. The number of aliphatic carboxylic acids is 1. The number of nitrogens with zero attached hydrogens (tertiary/aromatic N) is 1. The molecule has 0 amide bonds. The standard InChI is InChI=1S/C10H9BrN2O2/c11-10-9-6(4-5-8(14)15)2-1-3-7(9)12-13-10/h1-3H,4-5H2,(H,12,13)(H,14,15). The van der Waals surface area contributed by atoms with Crippen LogP contribution in [0.3, 0.4) is 0 Å². The van der Waals surface area contributed by atoms with Crippen LogP contribution in [0, 0.1) is 0 Å². The van der Waals surface area contributed by atoms with Crippen LogP contribution in [-0.2, 0) is 11.2 Å². The molecule has 0 spiro atoms. The molecule has 2 aromatic rings. The number of hydrogen-bond acceptors (Lipinski definition) is 2. The highest BCUT2D eigenvalue weighted by molar-refractivity contribution is 9.10. The first-order chi connectivity index (χ1) is 7.18. The van der Waals surface area contributed by atoms with Gasteiger partial charge in [0, 0.05) is 11.8 Å². The van der Waals surface area contributed by atoms with E-state index >= 15 is 0 Å². The molecule has 1 heterocycles. The quantitative estimate of drug-likeness (QED) is 0.898. The molecular formula is C10H9BrN2O2. The summed E-state index contributed by atoms with van der Waals surface area (Å²) in [5, 5.41) is 16.5. The highest BCUT2D eigenvalue weighted by atomic mass is 79.9. The number of aromatic nitrogens is 2. The number of aromatic amines is 1. The lowest BCUT2D eigenvalue weighted by Crippen LogP contribution is -1.97. The van der Waals surface area contributed by atoms with Gasteiger partial charge in [-0.25, -0.2) is 0 Å². The third kappa shape index (κ3) is 2.02. The summed E-state index contributed by atoms with van der Waals surface area (Å²) in [7, 11) is 0. The van der Waals surface area contributed by atoms with Crippen LogP contribution in [0.2, 0.25) is 0 Å². The van der Waals surface area contributed by atoms with Gasteiger partial charge in [-0.1, -0.05) is 12.1 Å². The number of halogens is 1. The number of nitrogens with one attached hydrogen (secondary N) is 1. The first kappa shape index (κ1) is 10.2. The van der Waals surface area contributed by atoms with Crippen molar-refractivity contribution in [1.82, 2.24) is 10.2 Å². The maximum atomic E-state index is 10.5. The van der Waals surface area contributed by atoms with E-state index in [9.17, 15) is 4.79 Å². The first-order valence-corrected chi connectivity index (χ1v) is 5.31. The number of aryl methyl sites for hydroxylation is 1. The lowest BCUT2D eigenvalue weighted by molar-refractivity contribution is -0.136. The summed E-state index contributed by atoms with van der Waals surface area (Å²) in [6.45, 7) is 0. The number of fused-ring (bicyclic) bond motifs is 1. The molecule has 0 saturated heterocycles. The van der Waals surface area contributed by atoms with E-state index in [-0.39, 0.29) is 6.42 Å². The number of H-pyrrole nitrogens is 1. The maximum Gasteiger partial charge on any atom is 0.303 e.